The Morgan fingerprint density at radius 2 is 1.77 bits per heavy atom. The summed E-state index contributed by atoms with van der Waals surface area (Å²) < 4.78 is 11.7. The number of aromatic nitrogens is 2. The lowest BCUT2D eigenvalue weighted by Gasteiger charge is -2.34. The van der Waals surface area contributed by atoms with Gasteiger partial charge in [-0.05, 0) is 48.6 Å². The first kappa shape index (κ1) is 22.5. The number of fused-ring (bicyclic) bond motifs is 1. The number of methoxy groups -OCH3 is 1. The molecule has 0 spiro atoms. The highest BCUT2D eigenvalue weighted by molar-refractivity contribution is 5.85. The number of ether oxygens (including phenoxy) is 2. The highest BCUT2D eigenvalue weighted by Crippen LogP contribution is 2.34. The van der Waals surface area contributed by atoms with Gasteiger partial charge in [-0.3, -0.25) is 0 Å². The molecule has 9 heteroatoms. The van der Waals surface area contributed by atoms with E-state index in [1.54, 1.807) is 31.4 Å². The van der Waals surface area contributed by atoms with E-state index in [4.69, 9.17) is 9.47 Å². The molecule has 1 aliphatic rings. The Balaban J connectivity index is 1.45. The fourth-order valence-electron chi connectivity index (χ4n) is 4.06. The molecule has 0 unspecified atom stereocenters. The molecule has 2 heterocycles. The molecule has 35 heavy (non-hydrogen) atoms. The summed E-state index contributed by atoms with van der Waals surface area (Å²) in [6, 6.07) is 20.3. The molecule has 0 atom stereocenters. The minimum absolute atomic E-state index is 0.282. The number of nitrogens with one attached hydrogen (secondary N) is 1. The first-order chi connectivity index (χ1) is 17.1. The Morgan fingerprint density at radius 3 is 2.57 bits per heavy atom. The maximum Gasteiger partial charge on any atom is 0.231 e. The molecule has 1 aromatic heterocycles. The summed E-state index contributed by atoms with van der Waals surface area (Å²) in [5.41, 5.74) is 2.87. The van der Waals surface area contributed by atoms with Gasteiger partial charge in [0.2, 0.25) is 11.8 Å². The monoisotopic (exact) mass is 470 g/mol. The molecule has 9 nitrogen and oxygen atoms in total. The van der Waals surface area contributed by atoms with Crippen LogP contribution >= 0.6 is 0 Å². The van der Waals surface area contributed by atoms with Crippen molar-refractivity contribution in [3.8, 4) is 17.4 Å². The summed E-state index contributed by atoms with van der Waals surface area (Å²) in [6.07, 6.45) is 0. The van der Waals surface area contributed by atoms with Gasteiger partial charge in [-0.2, -0.15) is 4.98 Å². The highest BCUT2D eigenvalue weighted by Gasteiger charge is 2.17. The molecule has 5 rings (SSSR count). The largest absolute Gasteiger partial charge is 0.494 e. The second kappa shape index (κ2) is 9.94. The van der Waals surface area contributed by atoms with E-state index in [2.05, 4.69) is 43.4 Å². The predicted octanol–water partition coefficient (Wildman–Crippen LogP) is 5.32. The summed E-state index contributed by atoms with van der Waals surface area (Å²) in [4.78, 5) is 24.9. The molecule has 0 saturated carbocycles. The molecule has 3 aromatic carbocycles. The lowest BCUT2D eigenvalue weighted by molar-refractivity contribution is 0.312. The topological polar surface area (TPSA) is 92.2 Å². The van der Waals surface area contributed by atoms with Gasteiger partial charge < -0.3 is 24.6 Å². The summed E-state index contributed by atoms with van der Waals surface area (Å²) in [7, 11) is 3.79. The quantitative estimate of drug-likeness (QED) is 0.363. The van der Waals surface area contributed by atoms with Crippen LogP contribution in [0.3, 0.4) is 0 Å². The van der Waals surface area contributed by atoms with Crippen molar-refractivity contribution in [3.05, 3.63) is 71.6 Å². The molecule has 0 amide bonds. The minimum atomic E-state index is 0.282. The maximum absolute atomic E-state index is 10.9. The van der Waals surface area contributed by atoms with E-state index >= 15 is 0 Å². The first-order valence-electron chi connectivity index (χ1n) is 11.4. The molecule has 4 aromatic rings. The van der Waals surface area contributed by atoms with Gasteiger partial charge in [0.05, 0.1) is 23.7 Å². The van der Waals surface area contributed by atoms with Crippen molar-refractivity contribution in [2.24, 2.45) is 5.18 Å². The van der Waals surface area contributed by atoms with Crippen molar-refractivity contribution in [3.63, 3.8) is 0 Å². The van der Waals surface area contributed by atoms with Gasteiger partial charge in [0.15, 0.2) is 0 Å². The molecule has 1 aliphatic heterocycles. The van der Waals surface area contributed by atoms with E-state index in [0.717, 1.165) is 48.5 Å². The lowest BCUT2D eigenvalue weighted by Crippen LogP contribution is -2.44. The maximum atomic E-state index is 10.9. The molecule has 0 aliphatic carbocycles. The van der Waals surface area contributed by atoms with Gasteiger partial charge in [-0.25, -0.2) is 4.98 Å². The number of likely N-dealkylation sites (N-methyl/N-ethyl adjacent to an activating group) is 1. The standard InChI is InChI=1S/C26H26N6O3/c1-31-12-14-32(15-13-31)19-10-11-23(24(17-19)34-2)28-26-27-22-9-4-3-8-21(22)25(29-26)35-20-7-5-6-18(16-20)30-33/h3-11,16-17H,12-15H2,1-2H3,(H,27,28,29). The third kappa shape index (κ3) is 4.99. The SMILES string of the molecule is COc1cc(N2CCN(C)CC2)ccc1Nc1nc(Oc2cccc(N=O)c2)c2ccccc2n1. The van der Waals surface area contributed by atoms with E-state index in [0.29, 0.717) is 23.3 Å². The number of hydrogen-bond donors (Lipinski definition) is 1. The number of hydrogen-bond acceptors (Lipinski definition) is 9. The van der Waals surface area contributed by atoms with Crippen LogP contribution in [0.1, 0.15) is 0 Å². The molecule has 1 N–H and O–H groups in total. The average Bonchev–Trinajstić information content (AvgIpc) is 2.89. The Bertz CT molecular complexity index is 1350. The first-order valence-corrected chi connectivity index (χ1v) is 11.4. The van der Waals surface area contributed by atoms with E-state index in [-0.39, 0.29) is 5.69 Å². The average molecular weight is 471 g/mol. The van der Waals surface area contributed by atoms with Crippen LogP contribution in [0.4, 0.5) is 23.0 Å². The molecular weight excluding hydrogens is 444 g/mol. The zero-order chi connectivity index (χ0) is 24.2. The third-order valence-corrected chi connectivity index (χ3v) is 6.01. The van der Waals surface area contributed by atoms with Crippen LogP contribution in [0.15, 0.2) is 71.9 Å². The third-order valence-electron chi connectivity index (χ3n) is 6.01. The number of rotatable bonds is 7. The Labute approximate surface area is 203 Å². The highest BCUT2D eigenvalue weighted by atomic mass is 16.5. The Morgan fingerprint density at radius 1 is 0.943 bits per heavy atom. The Hall–Kier alpha value is -4.24. The summed E-state index contributed by atoms with van der Waals surface area (Å²) in [6.45, 7) is 4.01. The summed E-state index contributed by atoms with van der Waals surface area (Å²) >= 11 is 0. The van der Waals surface area contributed by atoms with Gasteiger partial charge >= 0.3 is 0 Å². The van der Waals surface area contributed by atoms with Crippen LogP contribution in [0.2, 0.25) is 0 Å². The van der Waals surface area contributed by atoms with Crippen LogP contribution in [0, 0.1) is 4.91 Å². The molecular formula is C26H26N6O3. The number of nitrogens with zero attached hydrogens (tertiary/aromatic N) is 5. The lowest BCUT2D eigenvalue weighted by atomic mass is 10.2. The van der Waals surface area contributed by atoms with Crippen molar-refractivity contribution in [1.82, 2.24) is 14.9 Å². The van der Waals surface area contributed by atoms with Gasteiger partial charge in [-0.15, -0.1) is 4.91 Å². The van der Waals surface area contributed by atoms with Crippen molar-refractivity contribution in [2.75, 3.05) is 50.6 Å². The zero-order valence-electron chi connectivity index (χ0n) is 19.6. The minimum Gasteiger partial charge on any atom is -0.494 e. The molecule has 178 valence electrons. The molecule has 1 fully saturated rings. The van der Waals surface area contributed by atoms with Gasteiger partial charge in [0.1, 0.15) is 17.2 Å². The van der Waals surface area contributed by atoms with E-state index in [9.17, 15) is 4.91 Å². The molecule has 0 radical (unpaired) electrons. The number of anilines is 3. The van der Waals surface area contributed by atoms with Crippen LogP contribution in [-0.4, -0.2) is 55.2 Å². The van der Waals surface area contributed by atoms with Crippen LogP contribution < -0.4 is 19.7 Å². The number of piperazine rings is 1. The Kier molecular flexibility index (Phi) is 6.40. The van der Waals surface area contributed by atoms with Crippen LogP contribution in [0.5, 0.6) is 17.4 Å². The van der Waals surface area contributed by atoms with Gasteiger partial charge in [-0.1, -0.05) is 18.2 Å². The van der Waals surface area contributed by atoms with E-state index in [1.165, 1.54) is 0 Å². The summed E-state index contributed by atoms with van der Waals surface area (Å²) in [5.74, 6) is 1.90. The van der Waals surface area contributed by atoms with Crippen LogP contribution in [-0.2, 0) is 0 Å². The second-order valence-electron chi connectivity index (χ2n) is 8.36. The van der Waals surface area contributed by atoms with E-state index < -0.39 is 0 Å². The van der Waals surface area contributed by atoms with Crippen LogP contribution in [0.25, 0.3) is 10.9 Å². The normalized spacial score (nSPS) is 14.1. The zero-order valence-corrected chi connectivity index (χ0v) is 19.6. The van der Waals surface area contributed by atoms with Crippen molar-refractivity contribution >= 4 is 33.9 Å². The van der Waals surface area contributed by atoms with Crippen molar-refractivity contribution < 1.29 is 9.47 Å². The summed E-state index contributed by atoms with van der Waals surface area (Å²) in [5, 5.41) is 7.01. The van der Waals surface area contributed by atoms with Crippen molar-refractivity contribution in [2.45, 2.75) is 0 Å². The van der Waals surface area contributed by atoms with E-state index in [1.807, 2.05) is 36.4 Å². The number of para-hydroxylation sites is 1. The second-order valence-corrected chi connectivity index (χ2v) is 8.36. The fraction of sp³-hybridized carbons (Fsp3) is 0.231. The predicted molar refractivity (Wildman–Crippen MR) is 137 cm³/mol. The van der Waals surface area contributed by atoms with Gasteiger partial charge in [0.25, 0.3) is 0 Å². The fourth-order valence-corrected chi connectivity index (χ4v) is 4.06. The molecule has 1 saturated heterocycles. The molecule has 0 bridgehead atoms. The van der Waals surface area contributed by atoms with Gasteiger partial charge in [0, 0.05) is 44.0 Å². The number of nitroso groups, excluding NO2 is 1. The smallest absolute Gasteiger partial charge is 0.231 e. The number of benzene rings is 3. The van der Waals surface area contributed by atoms with Crippen molar-refractivity contribution in [1.29, 1.82) is 0 Å².